The van der Waals surface area contributed by atoms with Gasteiger partial charge < -0.3 is 10.5 Å². The van der Waals surface area contributed by atoms with Gasteiger partial charge in [0, 0.05) is 6.08 Å². The molecule has 0 atom stereocenters. The SMILES string of the molecule is CC1(C)CN=C(C=CN)O1. The number of hydrogen-bond acceptors (Lipinski definition) is 3. The molecule has 3 nitrogen and oxygen atoms in total. The van der Waals surface area contributed by atoms with Gasteiger partial charge in [-0.3, -0.25) is 0 Å². The number of ether oxygens (including phenoxy) is 1. The molecule has 1 heterocycles. The molecule has 0 amide bonds. The number of rotatable bonds is 1. The maximum atomic E-state index is 5.37. The maximum absolute atomic E-state index is 5.37. The summed E-state index contributed by atoms with van der Waals surface area (Å²) in [5.41, 5.74) is 5.01. The van der Waals surface area contributed by atoms with Crippen molar-refractivity contribution in [3.05, 3.63) is 12.3 Å². The number of aliphatic imine (C=N–C) groups is 1. The summed E-state index contributed by atoms with van der Waals surface area (Å²) in [4.78, 5) is 4.11. The van der Waals surface area contributed by atoms with E-state index in [4.69, 9.17) is 10.5 Å². The molecule has 0 aromatic heterocycles. The number of hydrogen-bond donors (Lipinski definition) is 1. The molecule has 1 aliphatic rings. The molecule has 3 heteroatoms. The van der Waals surface area contributed by atoms with Gasteiger partial charge in [-0.1, -0.05) is 0 Å². The Balaban J connectivity index is 2.55. The van der Waals surface area contributed by atoms with Gasteiger partial charge in [-0.05, 0) is 20.0 Å². The van der Waals surface area contributed by atoms with Crippen molar-refractivity contribution in [2.45, 2.75) is 19.4 Å². The van der Waals surface area contributed by atoms with Crippen molar-refractivity contribution in [2.75, 3.05) is 6.54 Å². The van der Waals surface area contributed by atoms with Gasteiger partial charge in [0.05, 0.1) is 6.54 Å². The van der Waals surface area contributed by atoms with E-state index >= 15 is 0 Å². The van der Waals surface area contributed by atoms with Gasteiger partial charge in [-0.2, -0.15) is 0 Å². The van der Waals surface area contributed by atoms with Gasteiger partial charge in [0.15, 0.2) is 0 Å². The first-order chi connectivity index (χ1) is 4.64. The molecule has 2 N–H and O–H groups in total. The predicted octanol–water partition coefficient (Wildman–Crippen LogP) is 0.666. The minimum absolute atomic E-state index is 0.144. The average molecular weight is 140 g/mol. The fourth-order valence-electron chi connectivity index (χ4n) is 0.785. The summed E-state index contributed by atoms with van der Waals surface area (Å²) in [7, 11) is 0. The molecule has 0 fully saturated rings. The summed E-state index contributed by atoms with van der Waals surface area (Å²) < 4.78 is 5.37. The Labute approximate surface area is 60.6 Å². The third-order valence-electron chi connectivity index (χ3n) is 1.24. The normalized spacial score (nSPS) is 22.8. The molecule has 0 saturated heterocycles. The average Bonchev–Trinajstić information content (AvgIpc) is 2.12. The van der Waals surface area contributed by atoms with Gasteiger partial charge in [-0.15, -0.1) is 0 Å². The Morgan fingerprint density at radius 1 is 1.70 bits per heavy atom. The molecule has 0 radical (unpaired) electrons. The first-order valence-corrected chi connectivity index (χ1v) is 3.26. The minimum atomic E-state index is -0.144. The van der Waals surface area contributed by atoms with E-state index in [0.717, 1.165) is 0 Å². The number of nitrogens with zero attached hydrogens (tertiary/aromatic N) is 1. The Kier molecular flexibility index (Phi) is 1.66. The standard InChI is InChI=1S/C7H12N2O/c1-7(2)5-9-6(10-7)3-4-8/h3-4H,5,8H2,1-2H3. The van der Waals surface area contributed by atoms with E-state index in [1.807, 2.05) is 13.8 Å². The Hall–Kier alpha value is -0.990. The fraction of sp³-hybridized carbons (Fsp3) is 0.571. The molecular weight excluding hydrogens is 128 g/mol. The lowest BCUT2D eigenvalue weighted by molar-refractivity contribution is 0.132. The van der Waals surface area contributed by atoms with Gasteiger partial charge in [0.25, 0.3) is 0 Å². The highest BCUT2D eigenvalue weighted by Gasteiger charge is 2.25. The van der Waals surface area contributed by atoms with E-state index in [9.17, 15) is 0 Å². The van der Waals surface area contributed by atoms with Crippen molar-refractivity contribution in [3.8, 4) is 0 Å². The Morgan fingerprint density at radius 2 is 2.40 bits per heavy atom. The summed E-state index contributed by atoms with van der Waals surface area (Å²) in [5, 5.41) is 0. The molecule has 0 unspecified atom stereocenters. The lowest BCUT2D eigenvalue weighted by Gasteiger charge is -2.15. The van der Waals surface area contributed by atoms with Crippen molar-refractivity contribution in [3.63, 3.8) is 0 Å². The largest absolute Gasteiger partial charge is 0.470 e. The predicted molar refractivity (Wildman–Crippen MR) is 40.8 cm³/mol. The van der Waals surface area contributed by atoms with Crippen LogP contribution in [0.25, 0.3) is 0 Å². The van der Waals surface area contributed by atoms with E-state index < -0.39 is 0 Å². The van der Waals surface area contributed by atoms with Crippen molar-refractivity contribution >= 4 is 5.90 Å². The zero-order chi connectivity index (χ0) is 7.61. The van der Waals surface area contributed by atoms with Crippen LogP contribution in [0.3, 0.4) is 0 Å². The second-order valence-corrected chi connectivity index (χ2v) is 2.88. The maximum Gasteiger partial charge on any atom is 0.210 e. The molecule has 0 saturated carbocycles. The first-order valence-electron chi connectivity index (χ1n) is 3.26. The molecule has 56 valence electrons. The highest BCUT2D eigenvalue weighted by molar-refractivity contribution is 5.89. The van der Waals surface area contributed by atoms with E-state index in [-0.39, 0.29) is 5.60 Å². The second kappa shape index (κ2) is 2.33. The topological polar surface area (TPSA) is 47.6 Å². The molecule has 0 bridgehead atoms. The summed E-state index contributed by atoms with van der Waals surface area (Å²) in [6, 6.07) is 0. The smallest absolute Gasteiger partial charge is 0.210 e. The van der Waals surface area contributed by atoms with Crippen LogP contribution >= 0.6 is 0 Å². The van der Waals surface area contributed by atoms with Gasteiger partial charge in [0.2, 0.25) is 5.90 Å². The van der Waals surface area contributed by atoms with Crippen LogP contribution < -0.4 is 5.73 Å². The lowest BCUT2D eigenvalue weighted by Crippen LogP contribution is -2.23. The third-order valence-corrected chi connectivity index (χ3v) is 1.24. The van der Waals surface area contributed by atoms with Crippen molar-refractivity contribution in [2.24, 2.45) is 10.7 Å². The second-order valence-electron chi connectivity index (χ2n) is 2.88. The van der Waals surface area contributed by atoms with E-state index in [1.54, 1.807) is 6.08 Å². The van der Waals surface area contributed by atoms with Crippen LogP contribution in [0.15, 0.2) is 17.3 Å². The van der Waals surface area contributed by atoms with Crippen LogP contribution in [0.5, 0.6) is 0 Å². The Morgan fingerprint density at radius 3 is 2.80 bits per heavy atom. The van der Waals surface area contributed by atoms with E-state index in [0.29, 0.717) is 12.4 Å². The molecule has 0 aromatic rings. The van der Waals surface area contributed by atoms with Gasteiger partial charge in [-0.25, -0.2) is 4.99 Å². The zero-order valence-corrected chi connectivity index (χ0v) is 6.29. The molecule has 1 rings (SSSR count). The van der Waals surface area contributed by atoms with Crippen LogP contribution in [0.4, 0.5) is 0 Å². The fourth-order valence-corrected chi connectivity index (χ4v) is 0.785. The molecule has 0 aromatic carbocycles. The quantitative estimate of drug-likeness (QED) is 0.581. The van der Waals surface area contributed by atoms with Crippen LogP contribution in [0.1, 0.15) is 13.8 Å². The molecule has 1 aliphatic heterocycles. The van der Waals surface area contributed by atoms with Crippen molar-refractivity contribution in [1.82, 2.24) is 0 Å². The zero-order valence-electron chi connectivity index (χ0n) is 6.29. The molecule has 10 heavy (non-hydrogen) atoms. The summed E-state index contributed by atoms with van der Waals surface area (Å²) in [6.45, 7) is 4.70. The van der Waals surface area contributed by atoms with Crippen LogP contribution in [0.2, 0.25) is 0 Å². The van der Waals surface area contributed by atoms with Gasteiger partial charge >= 0.3 is 0 Å². The summed E-state index contributed by atoms with van der Waals surface area (Å²) in [5.74, 6) is 0.632. The van der Waals surface area contributed by atoms with Crippen LogP contribution in [-0.2, 0) is 4.74 Å². The first kappa shape index (κ1) is 7.12. The molecule has 0 spiro atoms. The summed E-state index contributed by atoms with van der Waals surface area (Å²) >= 11 is 0. The lowest BCUT2D eigenvalue weighted by atomic mass is 10.1. The molecular formula is C7H12N2O. The van der Waals surface area contributed by atoms with Crippen LogP contribution in [0, 0.1) is 0 Å². The van der Waals surface area contributed by atoms with Gasteiger partial charge in [0.1, 0.15) is 5.60 Å². The monoisotopic (exact) mass is 140 g/mol. The minimum Gasteiger partial charge on any atom is -0.470 e. The number of nitrogens with two attached hydrogens (primary N) is 1. The third kappa shape index (κ3) is 1.50. The van der Waals surface area contributed by atoms with E-state index in [2.05, 4.69) is 4.99 Å². The highest BCUT2D eigenvalue weighted by Crippen LogP contribution is 2.16. The van der Waals surface area contributed by atoms with Crippen molar-refractivity contribution in [1.29, 1.82) is 0 Å². The Bertz CT molecular complexity index is 182. The van der Waals surface area contributed by atoms with Crippen LogP contribution in [-0.4, -0.2) is 18.0 Å². The van der Waals surface area contributed by atoms with E-state index in [1.165, 1.54) is 6.20 Å². The summed E-state index contributed by atoms with van der Waals surface area (Å²) in [6.07, 6.45) is 3.09. The molecule has 0 aliphatic carbocycles. The highest BCUT2D eigenvalue weighted by atomic mass is 16.5. The van der Waals surface area contributed by atoms with Crippen molar-refractivity contribution < 1.29 is 4.74 Å².